The SMILES string of the molecule is CO[C@@H]1COCCC1N[C@@H]1C[C@H]2OCC[C@@]2(C(=O)N2CCc3ncc(C(F)(F)F)cc3C2)C1. The largest absolute Gasteiger partial charge is 0.417 e. The van der Waals surface area contributed by atoms with E-state index in [0.717, 1.165) is 25.1 Å². The Hall–Kier alpha value is -1.75. The molecule has 1 unspecified atom stereocenters. The summed E-state index contributed by atoms with van der Waals surface area (Å²) in [4.78, 5) is 19.5. The zero-order valence-electron chi connectivity index (χ0n) is 18.7. The lowest BCUT2D eigenvalue weighted by atomic mass is 9.80. The Morgan fingerprint density at radius 2 is 2.21 bits per heavy atom. The van der Waals surface area contributed by atoms with Crippen LogP contribution in [-0.2, 0) is 38.1 Å². The van der Waals surface area contributed by atoms with Crippen LogP contribution in [0.15, 0.2) is 12.3 Å². The number of carbonyl (C=O) groups is 1. The zero-order valence-corrected chi connectivity index (χ0v) is 18.7. The molecule has 7 nitrogen and oxygen atoms in total. The third kappa shape index (κ3) is 4.26. The van der Waals surface area contributed by atoms with Crippen molar-refractivity contribution < 1.29 is 32.2 Å². The van der Waals surface area contributed by atoms with Crippen molar-refractivity contribution in [3.8, 4) is 0 Å². The van der Waals surface area contributed by atoms with Gasteiger partial charge in [0.15, 0.2) is 0 Å². The number of pyridine rings is 1. The number of carbonyl (C=O) groups excluding carboxylic acids is 1. The highest BCUT2D eigenvalue weighted by molar-refractivity contribution is 5.84. The van der Waals surface area contributed by atoms with Crippen LogP contribution >= 0.6 is 0 Å². The number of methoxy groups -OCH3 is 1. The second kappa shape index (κ2) is 8.79. The first-order chi connectivity index (χ1) is 15.8. The molecule has 3 fully saturated rings. The van der Waals surface area contributed by atoms with Crippen LogP contribution in [-0.4, -0.2) is 73.6 Å². The van der Waals surface area contributed by atoms with Crippen LogP contribution in [0.5, 0.6) is 0 Å². The third-order valence-corrected chi connectivity index (χ3v) is 7.73. The Morgan fingerprint density at radius 3 is 3.00 bits per heavy atom. The highest BCUT2D eigenvalue weighted by atomic mass is 19.4. The Labute approximate surface area is 191 Å². The molecule has 1 aromatic heterocycles. The molecule has 182 valence electrons. The lowest BCUT2D eigenvalue weighted by Gasteiger charge is -2.37. The number of halogens is 3. The van der Waals surface area contributed by atoms with E-state index in [1.165, 1.54) is 0 Å². The first-order valence-corrected chi connectivity index (χ1v) is 11.6. The van der Waals surface area contributed by atoms with Gasteiger partial charge >= 0.3 is 6.18 Å². The second-order valence-electron chi connectivity index (χ2n) is 9.62. The van der Waals surface area contributed by atoms with Crippen molar-refractivity contribution in [1.29, 1.82) is 0 Å². The molecule has 0 radical (unpaired) electrons. The smallest absolute Gasteiger partial charge is 0.379 e. The van der Waals surface area contributed by atoms with Crippen LogP contribution in [0.1, 0.15) is 42.5 Å². The number of nitrogens with zero attached hydrogens (tertiary/aromatic N) is 2. The van der Waals surface area contributed by atoms with Crippen molar-refractivity contribution in [2.45, 2.75) is 69.1 Å². The Balaban J connectivity index is 1.31. The van der Waals surface area contributed by atoms with Gasteiger partial charge in [0, 0.05) is 63.8 Å². The van der Waals surface area contributed by atoms with Gasteiger partial charge in [-0.2, -0.15) is 13.2 Å². The number of hydrogen-bond donors (Lipinski definition) is 1. The topological polar surface area (TPSA) is 72.9 Å². The fraction of sp³-hybridized carbons (Fsp3) is 0.739. The van der Waals surface area contributed by atoms with Crippen molar-refractivity contribution in [3.63, 3.8) is 0 Å². The number of rotatable bonds is 4. The van der Waals surface area contributed by atoms with Gasteiger partial charge in [0.05, 0.1) is 29.8 Å². The maximum absolute atomic E-state index is 13.8. The van der Waals surface area contributed by atoms with Gasteiger partial charge in [-0.1, -0.05) is 0 Å². The summed E-state index contributed by atoms with van der Waals surface area (Å²) in [5.41, 5.74) is -0.281. The van der Waals surface area contributed by atoms with Crippen LogP contribution in [0.3, 0.4) is 0 Å². The summed E-state index contributed by atoms with van der Waals surface area (Å²) in [5.74, 6) is -0.00682. The number of nitrogens with one attached hydrogen (secondary N) is 1. The lowest BCUT2D eigenvalue weighted by molar-refractivity contribution is -0.145. The first-order valence-electron chi connectivity index (χ1n) is 11.6. The number of aromatic nitrogens is 1. The maximum atomic E-state index is 13.8. The summed E-state index contributed by atoms with van der Waals surface area (Å²) >= 11 is 0. The molecule has 0 aromatic carbocycles. The molecule has 2 saturated heterocycles. The summed E-state index contributed by atoms with van der Waals surface area (Å²) in [7, 11) is 1.68. The molecule has 33 heavy (non-hydrogen) atoms. The predicted octanol–water partition coefficient (Wildman–Crippen LogP) is 2.32. The van der Waals surface area contributed by atoms with E-state index in [0.29, 0.717) is 56.9 Å². The molecule has 3 aliphatic heterocycles. The monoisotopic (exact) mass is 469 g/mol. The van der Waals surface area contributed by atoms with Crippen molar-refractivity contribution in [2.24, 2.45) is 5.41 Å². The van der Waals surface area contributed by atoms with Crippen molar-refractivity contribution in [3.05, 3.63) is 29.1 Å². The molecule has 10 heteroatoms. The highest BCUT2D eigenvalue weighted by Crippen LogP contribution is 2.49. The number of alkyl halides is 3. The minimum Gasteiger partial charge on any atom is -0.379 e. The first kappa shape index (κ1) is 23.0. The van der Waals surface area contributed by atoms with Gasteiger partial charge < -0.3 is 24.4 Å². The minimum atomic E-state index is -4.45. The molecule has 1 aliphatic carbocycles. The van der Waals surface area contributed by atoms with E-state index >= 15 is 0 Å². The molecule has 4 aliphatic rings. The van der Waals surface area contributed by atoms with Gasteiger partial charge in [-0.25, -0.2) is 0 Å². The molecule has 0 bridgehead atoms. The van der Waals surface area contributed by atoms with Crippen LogP contribution < -0.4 is 5.32 Å². The average Bonchev–Trinajstić information content (AvgIpc) is 3.35. The minimum absolute atomic E-state index is 0.00682. The van der Waals surface area contributed by atoms with Crippen LogP contribution in [0.4, 0.5) is 13.2 Å². The van der Waals surface area contributed by atoms with E-state index in [2.05, 4.69) is 10.3 Å². The predicted molar refractivity (Wildman–Crippen MR) is 111 cm³/mol. The van der Waals surface area contributed by atoms with Gasteiger partial charge in [-0.15, -0.1) is 0 Å². The zero-order chi connectivity index (χ0) is 23.2. The Kier molecular flexibility index (Phi) is 6.13. The molecule has 5 atom stereocenters. The standard InChI is InChI=1S/C23H30F3N3O4/c1-31-19-13-32-6-3-18(19)28-16-9-20-22(10-16,4-7-33-20)21(30)29-5-2-17-14(12-29)8-15(11-27-17)23(24,25)26/h8,11,16,18-20,28H,2-7,9-10,12-13H2,1H3/t16-,18?,19-,20-,22-/m1/s1. The molecular weight excluding hydrogens is 439 g/mol. The third-order valence-electron chi connectivity index (χ3n) is 7.73. The molecule has 1 amide bonds. The van der Waals surface area contributed by atoms with Gasteiger partial charge in [0.25, 0.3) is 0 Å². The van der Waals surface area contributed by atoms with Gasteiger partial charge in [-0.05, 0) is 37.3 Å². The van der Waals surface area contributed by atoms with Gasteiger partial charge in [0.2, 0.25) is 5.91 Å². The number of ether oxygens (including phenoxy) is 3. The van der Waals surface area contributed by atoms with E-state index in [1.807, 2.05) is 0 Å². The van der Waals surface area contributed by atoms with Gasteiger partial charge in [0.1, 0.15) is 0 Å². The molecular formula is C23H30F3N3O4. The summed E-state index contributed by atoms with van der Waals surface area (Å²) in [6, 6.07) is 1.42. The number of amides is 1. The molecule has 1 aromatic rings. The second-order valence-corrected chi connectivity index (χ2v) is 9.62. The van der Waals surface area contributed by atoms with Crippen LogP contribution in [0.25, 0.3) is 0 Å². The quantitative estimate of drug-likeness (QED) is 0.730. The van der Waals surface area contributed by atoms with E-state index in [4.69, 9.17) is 14.2 Å². The van der Waals surface area contributed by atoms with E-state index in [9.17, 15) is 18.0 Å². The van der Waals surface area contributed by atoms with Crippen LogP contribution in [0, 0.1) is 5.41 Å². The van der Waals surface area contributed by atoms with Crippen LogP contribution in [0.2, 0.25) is 0 Å². The highest BCUT2D eigenvalue weighted by Gasteiger charge is 2.58. The van der Waals surface area contributed by atoms with Crippen molar-refractivity contribution >= 4 is 5.91 Å². The van der Waals surface area contributed by atoms with E-state index in [1.54, 1.807) is 12.0 Å². The fourth-order valence-electron chi connectivity index (χ4n) is 5.98. The molecule has 1 saturated carbocycles. The normalized spacial score (nSPS) is 34.2. The molecule has 5 rings (SSSR count). The molecule has 1 N–H and O–H groups in total. The number of fused-ring (bicyclic) bond motifs is 2. The maximum Gasteiger partial charge on any atom is 0.417 e. The summed E-state index contributed by atoms with van der Waals surface area (Å²) < 4.78 is 56.6. The number of hydrogen-bond acceptors (Lipinski definition) is 6. The molecule has 0 spiro atoms. The Bertz CT molecular complexity index is 898. The Morgan fingerprint density at radius 1 is 1.36 bits per heavy atom. The van der Waals surface area contributed by atoms with E-state index in [-0.39, 0.29) is 36.7 Å². The summed E-state index contributed by atoms with van der Waals surface area (Å²) in [6.45, 7) is 2.37. The van der Waals surface area contributed by atoms with E-state index < -0.39 is 17.2 Å². The van der Waals surface area contributed by atoms with Crippen molar-refractivity contribution in [2.75, 3.05) is 33.5 Å². The fourth-order valence-corrected chi connectivity index (χ4v) is 5.98. The van der Waals surface area contributed by atoms with Gasteiger partial charge in [-0.3, -0.25) is 9.78 Å². The summed E-state index contributed by atoms with van der Waals surface area (Å²) in [5, 5.41) is 3.68. The molecule has 4 heterocycles. The average molecular weight is 470 g/mol. The van der Waals surface area contributed by atoms with Crippen molar-refractivity contribution in [1.82, 2.24) is 15.2 Å². The lowest BCUT2D eigenvalue weighted by Crippen LogP contribution is -2.51. The summed E-state index contributed by atoms with van der Waals surface area (Å²) in [6.07, 6.45) is -0.430.